The molecule has 0 bridgehead atoms. The number of para-hydroxylation sites is 1. The number of rotatable bonds is 5. The molecule has 108 valence electrons. The van der Waals surface area contributed by atoms with E-state index in [1.807, 2.05) is 24.3 Å². The summed E-state index contributed by atoms with van der Waals surface area (Å²) in [6.07, 6.45) is 5.07. The third-order valence-electron chi connectivity index (χ3n) is 4.36. The van der Waals surface area contributed by atoms with Crippen molar-refractivity contribution in [3.05, 3.63) is 30.1 Å². The fourth-order valence-electron chi connectivity index (χ4n) is 2.97. The van der Waals surface area contributed by atoms with E-state index in [1.54, 1.807) is 0 Å². The van der Waals surface area contributed by atoms with Gasteiger partial charge >= 0.3 is 5.97 Å². The molecule has 2 N–H and O–H groups in total. The van der Waals surface area contributed by atoms with Crippen LogP contribution in [-0.4, -0.2) is 27.1 Å². The molecule has 0 amide bonds. The van der Waals surface area contributed by atoms with Gasteiger partial charge in [0.25, 0.3) is 0 Å². The number of benzene rings is 1. The molecule has 21 heavy (non-hydrogen) atoms. The maximum atomic E-state index is 11.2. The lowest BCUT2D eigenvalue weighted by Crippen LogP contribution is -2.25. The Hall–Kier alpha value is -2.17. The van der Waals surface area contributed by atoms with Crippen LogP contribution in [0.2, 0.25) is 0 Å². The highest BCUT2D eigenvalue weighted by atomic mass is 16.4. The summed E-state index contributed by atoms with van der Waals surface area (Å²) in [7, 11) is 0. The summed E-state index contributed by atoms with van der Waals surface area (Å²) in [5, 5.41) is 13.6. The Morgan fingerprint density at radius 2 is 1.81 bits per heavy atom. The Balaban J connectivity index is 1.76. The fourth-order valence-corrected chi connectivity index (χ4v) is 2.97. The van der Waals surface area contributed by atoms with Crippen molar-refractivity contribution in [1.29, 1.82) is 0 Å². The molecule has 1 aromatic carbocycles. The van der Waals surface area contributed by atoms with Crippen LogP contribution in [0, 0.1) is 11.8 Å². The van der Waals surface area contributed by atoms with Gasteiger partial charge in [0.2, 0.25) is 5.82 Å². The van der Waals surface area contributed by atoms with E-state index in [0.29, 0.717) is 17.4 Å². The maximum absolute atomic E-state index is 11.2. The number of hydrogen-bond donors (Lipinski definition) is 2. The Labute approximate surface area is 122 Å². The molecule has 0 saturated heterocycles. The summed E-state index contributed by atoms with van der Waals surface area (Å²) < 4.78 is 0. The molecule has 2 saturated carbocycles. The fraction of sp³-hybridized carbons (Fsp3) is 0.438. The molecule has 5 nitrogen and oxygen atoms in total. The largest absolute Gasteiger partial charge is 0.475 e. The summed E-state index contributed by atoms with van der Waals surface area (Å²) >= 11 is 0. The molecule has 1 heterocycles. The van der Waals surface area contributed by atoms with Gasteiger partial charge in [-0.05, 0) is 49.7 Å². The van der Waals surface area contributed by atoms with Crippen LogP contribution in [0.1, 0.15) is 36.3 Å². The van der Waals surface area contributed by atoms with Crippen LogP contribution < -0.4 is 5.32 Å². The topological polar surface area (TPSA) is 75.1 Å². The lowest BCUT2D eigenvalue weighted by molar-refractivity contribution is 0.0684. The standard InChI is InChI=1S/C16H17N3O2/c20-16(21)15-17-12-4-2-1-3-11(12)14(19-15)18-13(9-5-6-9)10-7-8-10/h1-4,9-10,13H,5-8H2,(H,20,21)(H,17,18,19). The molecule has 2 aliphatic rings. The van der Waals surface area contributed by atoms with Crippen LogP contribution in [0.15, 0.2) is 24.3 Å². The Bertz CT molecular complexity index is 696. The average Bonchev–Trinajstić information content (AvgIpc) is 3.38. The average molecular weight is 283 g/mol. The van der Waals surface area contributed by atoms with Gasteiger partial charge in [-0.25, -0.2) is 14.8 Å². The first-order chi connectivity index (χ1) is 10.2. The highest BCUT2D eigenvalue weighted by Gasteiger charge is 2.41. The van der Waals surface area contributed by atoms with Gasteiger partial charge in [0.05, 0.1) is 5.52 Å². The molecule has 0 unspecified atom stereocenters. The Morgan fingerprint density at radius 3 is 2.43 bits per heavy atom. The first kappa shape index (κ1) is 12.6. The Kier molecular flexibility index (Phi) is 2.80. The van der Waals surface area contributed by atoms with E-state index in [1.165, 1.54) is 25.7 Å². The summed E-state index contributed by atoms with van der Waals surface area (Å²) in [4.78, 5) is 19.6. The zero-order valence-electron chi connectivity index (χ0n) is 11.6. The lowest BCUT2D eigenvalue weighted by atomic mass is 10.1. The minimum Gasteiger partial charge on any atom is -0.475 e. The van der Waals surface area contributed by atoms with Crippen molar-refractivity contribution in [1.82, 2.24) is 9.97 Å². The van der Waals surface area contributed by atoms with Gasteiger partial charge in [-0.1, -0.05) is 12.1 Å². The number of nitrogens with one attached hydrogen (secondary N) is 1. The number of anilines is 1. The van der Waals surface area contributed by atoms with E-state index in [2.05, 4.69) is 15.3 Å². The molecule has 0 radical (unpaired) electrons. The van der Waals surface area contributed by atoms with Gasteiger partial charge in [-0.2, -0.15) is 0 Å². The second-order valence-corrected chi connectivity index (χ2v) is 6.06. The molecule has 4 rings (SSSR count). The number of aromatic nitrogens is 2. The van der Waals surface area contributed by atoms with Gasteiger partial charge in [0, 0.05) is 11.4 Å². The van der Waals surface area contributed by atoms with E-state index in [-0.39, 0.29) is 5.82 Å². The number of hydrogen-bond acceptors (Lipinski definition) is 4. The van der Waals surface area contributed by atoms with Crippen molar-refractivity contribution in [2.24, 2.45) is 11.8 Å². The molecule has 0 atom stereocenters. The molecular formula is C16H17N3O2. The quantitative estimate of drug-likeness (QED) is 0.882. The summed E-state index contributed by atoms with van der Waals surface area (Å²) in [6, 6.07) is 8.01. The molecule has 5 heteroatoms. The number of aromatic carboxylic acids is 1. The van der Waals surface area contributed by atoms with E-state index < -0.39 is 5.97 Å². The second kappa shape index (κ2) is 4.69. The maximum Gasteiger partial charge on any atom is 0.374 e. The highest BCUT2D eigenvalue weighted by molar-refractivity contribution is 5.93. The minimum absolute atomic E-state index is 0.137. The van der Waals surface area contributed by atoms with Crippen molar-refractivity contribution >= 4 is 22.7 Å². The molecule has 1 aromatic heterocycles. The third kappa shape index (κ3) is 2.44. The lowest BCUT2D eigenvalue weighted by Gasteiger charge is -2.19. The summed E-state index contributed by atoms with van der Waals surface area (Å²) in [5.41, 5.74) is 0.678. The van der Waals surface area contributed by atoms with Crippen molar-refractivity contribution < 1.29 is 9.90 Å². The highest BCUT2D eigenvalue weighted by Crippen LogP contribution is 2.46. The van der Waals surface area contributed by atoms with Crippen molar-refractivity contribution in [2.45, 2.75) is 31.7 Å². The van der Waals surface area contributed by atoms with Gasteiger partial charge < -0.3 is 10.4 Å². The van der Waals surface area contributed by atoms with Gasteiger partial charge in [-0.3, -0.25) is 0 Å². The second-order valence-electron chi connectivity index (χ2n) is 6.06. The van der Waals surface area contributed by atoms with Crippen molar-refractivity contribution in [3.8, 4) is 0 Å². The van der Waals surface area contributed by atoms with Crippen LogP contribution in [0.4, 0.5) is 5.82 Å². The monoisotopic (exact) mass is 283 g/mol. The predicted octanol–water partition coefficient (Wildman–Crippen LogP) is 2.93. The smallest absolute Gasteiger partial charge is 0.374 e. The number of nitrogens with zero attached hydrogens (tertiary/aromatic N) is 2. The van der Waals surface area contributed by atoms with Crippen LogP contribution in [0.5, 0.6) is 0 Å². The van der Waals surface area contributed by atoms with Gasteiger partial charge in [0.15, 0.2) is 0 Å². The van der Waals surface area contributed by atoms with Crippen LogP contribution >= 0.6 is 0 Å². The zero-order valence-corrected chi connectivity index (χ0v) is 11.6. The predicted molar refractivity (Wildman–Crippen MR) is 79.4 cm³/mol. The molecule has 2 fully saturated rings. The van der Waals surface area contributed by atoms with Crippen LogP contribution in [0.3, 0.4) is 0 Å². The zero-order chi connectivity index (χ0) is 14.4. The van der Waals surface area contributed by atoms with Crippen molar-refractivity contribution in [3.63, 3.8) is 0 Å². The summed E-state index contributed by atoms with van der Waals surface area (Å²) in [5.74, 6) is 0.889. The first-order valence-electron chi connectivity index (χ1n) is 7.49. The van der Waals surface area contributed by atoms with E-state index in [0.717, 1.165) is 17.2 Å². The normalized spacial score (nSPS) is 18.1. The van der Waals surface area contributed by atoms with Crippen LogP contribution in [0.25, 0.3) is 10.9 Å². The number of carboxylic acid groups (broad SMARTS) is 1. The van der Waals surface area contributed by atoms with Gasteiger partial charge in [0.1, 0.15) is 5.82 Å². The Morgan fingerprint density at radius 1 is 1.14 bits per heavy atom. The SMILES string of the molecule is O=C(O)c1nc(NC(C2CC2)C2CC2)c2ccccc2n1. The van der Waals surface area contributed by atoms with E-state index in [4.69, 9.17) is 0 Å². The van der Waals surface area contributed by atoms with E-state index >= 15 is 0 Å². The molecule has 2 aromatic rings. The van der Waals surface area contributed by atoms with Crippen molar-refractivity contribution in [2.75, 3.05) is 5.32 Å². The third-order valence-corrected chi connectivity index (χ3v) is 4.36. The van der Waals surface area contributed by atoms with Crippen LogP contribution in [-0.2, 0) is 0 Å². The number of carboxylic acids is 1. The molecule has 0 aliphatic heterocycles. The molecule has 2 aliphatic carbocycles. The number of fused-ring (bicyclic) bond motifs is 1. The number of carbonyl (C=O) groups is 1. The van der Waals surface area contributed by atoms with Gasteiger partial charge in [-0.15, -0.1) is 0 Å². The minimum atomic E-state index is -1.09. The molecular weight excluding hydrogens is 266 g/mol. The first-order valence-corrected chi connectivity index (χ1v) is 7.49. The molecule has 0 spiro atoms. The summed E-state index contributed by atoms with van der Waals surface area (Å²) in [6.45, 7) is 0. The van der Waals surface area contributed by atoms with E-state index in [9.17, 15) is 9.90 Å².